The monoisotopic (exact) mass is 351 g/mol. The van der Waals surface area contributed by atoms with Crippen LogP contribution in [-0.2, 0) is 16.1 Å². The predicted molar refractivity (Wildman–Crippen MR) is 88.2 cm³/mol. The third-order valence-corrected chi connectivity index (χ3v) is 3.72. The summed E-state index contributed by atoms with van der Waals surface area (Å²) in [6, 6.07) is 7.37. The maximum absolute atomic E-state index is 12.4. The molecule has 7 nitrogen and oxygen atoms in total. The Bertz CT molecular complexity index is 717. The minimum absolute atomic E-state index is 0.192. The first-order valence-electron chi connectivity index (χ1n) is 7.27. The molecule has 2 rings (SSSR count). The van der Waals surface area contributed by atoms with Gasteiger partial charge in [0.15, 0.2) is 0 Å². The van der Waals surface area contributed by atoms with Crippen LogP contribution in [0.3, 0.4) is 0 Å². The van der Waals surface area contributed by atoms with Crippen LogP contribution in [0, 0.1) is 0 Å². The SMILES string of the molecule is COCCN(CC(=O)O)C(=O)c1cnn(Cc2ccccc2Cl)c1. The second-order valence-corrected chi connectivity index (χ2v) is 5.54. The number of hydrogen-bond acceptors (Lipinski definition) is 4. The largest absolute Gasteiger partial charge is 0.480 e. The van der Waals surface area contributed by atoms with Crippen molar-refractivity contribution in [1.29, 1.82) is 0 Å². The molecule has 1 N–H and O–H groups in total. The summed E-state index contributed by atoms with van der Waals surface area (Å²) in [6.45, 7) is 0.478. The van der Waals surface area contributed by atoms with Crippen LogP contribution < -0.4 is 0 Å². The second kappa shape index (κ2) is 8.47. The number of hydrogen-bond donors (Lipinski definition) is 1. The molecule has 0 unspecified atom stereocenters. The van der Waals surface area contributed by atoms with Crippen molar-refractivity contribution in [3.8, 4) is 0 Å². The van der Waals surface area contributed by atoms with E-state index in [4.69, 9.17) is 21.4 Å². The Morgan fingerprint density at radius 1 is 1.38 bits per heavy atom. The number of carbonyl (C=O) groups excluding carboxylic acids is 1. The van der Waals surface area contributed by atoms with Crippen LogP contribution in [0.4, 0.5) is 0 Å². The number of halogens is 1. The Hall–Kier alpha value is -2.38. The molecule has 0 aliphatic heterocycles. The highest BCUT2D eigenvalue weighted by atomic mass is 35.5. The first-order valence-corrected chi connectivity index (χ1v) is 7.65. The number of nitrogens with zero attached hydrogens (tertiary/aromatic N) is 3. The number of amides is 1. The molecule has 0 fully saturated rings. The third-order valence-electron chi connectivity index (χ3n) is 3.35. The predicted octanol–water partition coefficient (Wildman–Crippen LogP) is 1.76. The number of carboxylic acids is 1. The quantitative estimate of drug-likeness (QED) is 0.783. The van der Waals surface area contributed by atoms with E-state index in [2.05, 4.69) is 5.10 Å². The van der Waals surface area contributed by atoms with Crippen molar-refractivity contribution in [2.75, 3.05) is 26.8 Å². The molecule has 2 aromatic rings. The average Bonchev–Trinajstić information content (AvgIpc) is 3.01. The van der Waals surface area contributed by atoms with Gasteiger partial charge in [-0.15, -0.1) is 0 Å². The van der Waals surface area contributed by atoms with Crippen molar-refractivity contribution in [3.05, 3.63) is 52.8 Å². The Labute approximate surface area is 144 Å². The summed E-state index contributed by atoms with van der Waals surface area (Å²) in [5, 5.41) is 13.7. The molecule has 0 bridgehead atoms. The molecule has 128 valence electrons. The summed E-state index contributed by atoms with van der Waals surface area (Å²) in [5.41, 5.74) is 1.20. The minimum Gasteiger partial charge on any atom is -0.480 e. The Balaban J connectivity index is 2.11. The van der Waals surface area contributed by atoms with Gasteiger partial charge < -0.3 is 14.7 Å². The van der Waals surface area contributed by atoms with E-state index in [9.17, 15) is 9.59 Å². The van der Waals surface area contributed by atoms with Crippen LogP contribution in [0.2, 0.25) is 5.02 Å². The molecular weight excluding hydrogens is 334 g/mol. The number of carbonyl (C=O) groups is 2. The van der Waals surface area contributed by atoms with E-state index in [1.54, 1.807) is 16.9 Å². The van der Waals surface area contributed by atoms with Crippen LogP contribution in [-0.4, -0.2) is 58.5 Å². The van der Waals surface area contributed by atoms with Gasteiger partial charge in [-0.2, -0.15) is 5.10 Å². The van der Waals surface area contributed by atoms with E-state index in [-0.39, 0.29) is 13.2 Å². The highest BCUT2D eigenvalue weighted by Gasteiger charge is 2.20. The topological polar surface area (TPSA) is 84.7 Å². The van der Waals surface area contributed by atoms with Gasteiger partial charge in [-0.1, -0.05) is 29.8 Å². The molecule has 0 saturated carbocycles. The van der Waals surface area contributed by atoms with Gasteiger partial charge in [0, 0.05) is 24.9 Å². The molecule has 1 aromatic heterocycles. The smallest absolute Gasteiger partial charge is 0.323 e. The van der Waals surface area contributed by atoms with E-state index in [1.807, 2.05) is 18.2 Å². The van der Waals surface area contributed by atoms with Crippen molar-refractivity contribution < 1.29 is 19.4 Å². The molecule has 0 aliphatic carbocycles. The first kappa shape index (κ1) is 18.0. The number of methoxy groups -OCH3 is 1. The summed E-state index contributed by atoms with van der Waals surface area (Å²) in [7, 11) is 1.49. The molecule has 8 heteroatoms. The molecule has 0 radical (unpaired) electrons. The summed E-state index contributed by atoms with van der Waals surface area (Å²) in [6.07, 6.45) is 2.99. The van der Waals surface area contributed by atoms with Crippen LogP contribution in [0.15, 0.2) is 36.7 Å². The van der Waals surface area contributed by atoms with Gasteiger partial charge in [-0.3, -0.25) is 14.3 Å². The number of aromatic nitrogens is 2. The van der Waals surface area contributed by atoms with Crippen LogP contribution in [0.25, 0.3) is 0 Å². The normalized spacial score (nSPS) is 10.6. The number of ether oxygens (including phenoxy) is 1. The lowest BCUT2D eigenvalue weighted by Crippen LogP contribution is -2.37. The average molecular weight is 352 g/mol. The van der Waals surface area contributed by atoms with Gasteiger partial charge >= 0.3 is 5.97 Å². The number of carboxylic acid groups (broad SMARTS) is 1. The molecule has 0 saturated heterocycles. The number of benzene rings is 1. The lowest BCUT2D eigenvalue weighted by molar-refractivity contribution is -0.137. The van der Waals surface area contributed by atoms with E-state index in [1.165, 1.54) is 18.2 Å². The van der Waals surface area contributed by atoms with E-state index < -0.39 is 18.4 Å². The van der Waals surface area contributed by atoms with E-state index in [0.29, 0.717) is 17.1 Å². The molecule has 0 aliphatic rings. The zero-order chi connectivity index (χ0) is 17.5. The van der Waals surface area contributed by atoms with E-state index >= 15 is 0 Å². The Kier molecular flexibility index (Phi) is 6.34. The Morgan fingerprint density at radius 2 is 2.12 bits per heavy atom. The fourth-order valence-electron chi connectivity index (χ4n) is 2.16. The third kappa shape index (κ3) is 4.81. The summed E-state index contributed by atoms with van der Waals surface area (Å²) < 4.78 is 6.50. The molecule has 1 heterocycles. The highest BCUT2D eigenvalue weighted by Crippen LogP contribution is 2.16. The molecule has 1 aromatic carbocycles. The molecule has 24 heavy (non-hydrogen) atoms. The fraction of sp³-hybridized carbons (Fsp3) is 0.312. The van der Waals surface area contributed by atoms with Crippen molar-refractivity contribution in [2.45, 2.75) is 6.54 Å². The zero-order valence-corrected chi connectivity index (χ0v) is 13.9. The molecule has 0 atom stereocenters. The fourth-order valence-corrected chi connectivity index (χ4v) is 2.36. The van der Waals surface area contributed by atoms with Gasteiger partial charge in [-0.25, -0.2) is 0 Å². The minimum atomic E-state index is -1.08. The molecular formula is C16H18ClN3O4. The van der Waals surface area contributed by atoms with Crippen molar-refractivity contribution in [3.63, 3.8) is 0 Å². The van der Waals surface area contributed by atoms with Crippen LogP contribution in [0.5, 0.6) is 0 Å². The van der Waals surface area contributed by atoms with Crippen molar-refractivity contribution in [1.82, 2.24) is 14.7 Å². The van der Waals surface area contributed by atoms with Crippen LogP contribution in [0.1, 0.15) is 15.9 Å². The summed E-state index contributed by atoms with van der Waals surface area (Å²) in [4.78, 5) is 24.6. The first-order chi connectivity index (χ1) is 11.5. The van der Waals surface area contributed by atoms with Crippen molar-refractivity contribution >= 4 is 23.5 Å². The molecule has 1 amide bonds. The van der Waals surface area contributed by atoms with Gasteiger partial charge in [0.05, 0.1) is 24.9 Å². The summed E-state index contributed by atoms with van der Waals surface area (Å²) >= 11 is 6.11. The second-order valence-electron chi connectivity index (χ2n) is 5.13. The van der Waals surface area contributed by atoms with E-state index in [0.717, 1.165) is 5.56 Å². The lowest BCUT2D eigenvalue weighted by Gasteiger charge is -2.19. The van der Waals surface area contributed by atoms with Crippen LogP contribution >= 0.6 is 11.6 Å². The standard InChI is InChI=1S/C16H18ClN3O4/c1-24-7-6-19(11-15(21)22)16(23)13-8-18-20(10-13)9-12-4-2-3-5-14(12)17/h2-5,8,10H,6-7,9,11H2,1H3,(H,21,22). The lowest BCUT2D eigenvalue weighted by atomic mass is 10.2. The highest BCUT2D eigenvalue weighted by molar-refractivity contribution is 6.31. The number of rotatable bonds is 8. The van der Waals surface area contributed by atoms with Gasteiger partial charge in [-0.05, 0) is 11.6 Å². The van der Waals surface area contributed by atoms with Gasteiger partial charge in [0.25, 0.3) is 5.91 Å². The summed E-state index contributed by atoms with van der Waals surface area (Å²) in [5.74, 6) is -1.48. The molecule has 0 spiro atoms. The van der Waals surface area contributed by atoms with Gasteiger partial charge in [0.1, 0.15) is 6.54 Å². The van der Waals surface area contributed by atoms with Gasteiger partial charge in [0.2, 0.25) is 0 Å². The maximum Gasteiger partial charge on any atom is 0.323 e. The van der Waals surface area contributed by atoms with Crippen molar-refractivity contribution in [2.24, 2.45) is 0 Å². The number of aliphatic carboxylic acids is 1. The maximum atomic E-state index is 12.4. The zero-order valence-electron chi connectivity index (χ0n) is 13.2. The Morgan fingerprint density at radius 3 is 2.79 bits per heavy atom.